The highest BCUT2D eigenvalue weighted by atomic mass is 16.5. The zero-order chi connectivity index (χ0) is 11.7. The van der Waals surface area contributed by atoms with Gasteiger partial charge in [-0.15, -0.1) is 0 Å². The lowest BCUT2D eigenvalue weighted by atomic mass is 9.89. The summed E-state index contributed by atoms with van der Waals surface area (Å²) in [6, 6.07) is 0.302. The van der Waals surface area contributed by atoms with Crippen molar-refractivity contribution in [2.75, 3.05) is 6.61 Å². The summed E-state index contributed by atoms with van der Waals surface area (Å²) in [6.07, 6.45) is 12.6. The van der Waals surface area contributed by atoms with Crippen molar-refractivity contribution in [2.45, 2.75) is 69.9 Å². The summed E-state index contributed by atoms with van der Waals surface area (Å²) in [5, 5.41) is 0. The molecule has 0 radical (unpaired) electrons. The molecular formula is C15H27NO. The minimum Gasteiger partial charge on any atom is -0.376 e. The molecule has 0 saturated heterocycles. The van der Waals surface area contributed by atoms with Crippen LogP contribution in [0.25, 0.3) is 0 Å². The molecule has 5 unspecified atom stereocenters. The molecular weight excluding hydrogens is 210 g/mol. The summed E-state index contributed by atoms with van der Waals surface area (Å²) in [5.41, 5.74) is 6.21. The quantitative estimate of drug-likeness (QED) is 0.766. The van der Waals surface area contributed by atoms with E-state index in [-0.39, 0.29) is 0 Å². The van der Waals surface area contributed by atoms with Gasteiger partial charge in [0, 0.05) is 6.04 Å². The Hall–Kier alpha value is -0.0800. The van der Waals surface area contributed by atoms with E-state index in [0.29, 0.717) is 12.1 Å². The number of fused-ring (bicyclic) bond motifs is 2. The summed E-state index contributed by atoms with van der Waals surface area (Å²) in [4.78, 5) is 0. The summed E-state index contributed by atoms with van der Waals surface area (Å²) >= 11 is 0. The van der Waals surface area contributed by atoms with Crippen LogP contribution in [0, 0.1) is 17.8 Å². The van der Waals surface area contributed by atoms with Crippen LogP contribution in [0.15, 0.2) is 0 Å². The van der Waals surface area contributed by atoms with Gasteiger partial charge >= 0.3 is 0 Å². The van der Waals surface area contributed by atoms with Gasteiger partial charge in [0.15, 0.2) is 0 Å². The molecule has 0 aliphatic heterocycles. The summed E-state index contributed by atoms with van der Waals surface area (Å²) in [7, 11) is 0. The Morgan fingerprint density at radius 3 is 2.59 bits per heavy atom. The molecule has 0 heterocycles. The maximum absolute atomic E-state index is 6.21. The molecule has 3 fully saturated rings. The largest absolute Gasteiger partial charge is 0.376 e. The second kappa shape index (κ2) is 5.27. The van der Waals surface area contributed by atoms with Crippen LogP contribution in [-0.4, -0.2) is 18.8 Å². The number of ether oxygens (including phenoxy) is 1. The highest BCUT2D eigenvalue weighted by Gasteiger charge is 2.39. The Kier molecular flexibility index (Phi) is 3.72. The van der Waals surface area contributed by atoms with Crippen LogP contribution >= 0.6 is 0 Å². The average molecular weight is 237 g/mol. The third kappa shape index (κ3) is 2.68. The molecule has 0 aromatic heterocycles. The molecule has 2 bridgehead atoms. The van der Waals surface area contributed by atoms with E-state index in [9.17, 15) is 0 Å². The van der Waals surface area contributed by atoms with Crippen molar-refractivity contribution in [3.8, 4) is 0 Å². The second-order valence-electron chi connectivity index (χ2n) is 6.61. The molecule has 98 valence electrons. The predicted molar refractivity (Wildman–Crippen MR) is 69.7 cm³/mol. The van der Waals surface area contributed by atoms with Crippen molar-refractivity contribution in [1.82, 2.24) is 0 Å². The topological polar surface area (TPSA) is 35.2 Å². The highest BCUT2D eigenvalue weighted by molar-refractivity contribution is 4.90. The van der Waals surface area contributed by atoms with Crippen molar-refractivity contribution < 1.29 is 4.74 Å². The third-order valence-electron chi connectivity index (χ3n) is 5.41. The highest BCUT2D eigenvalue weighted by Crippen LogP contribution is 2.48. The number of rotatable bonds is 3. The lowest BCUT2D eigenvalue weighted by Gasteiger charge is -2.27. The molecule has 0 aromatic rings. The number of hydrogen-bond acceptors (Lipinski definition) is 2. The van der Waals surface area contributed by atoms with E-state index in [0.717, 1.165) is 24.4 Å². The molecule has 0 aromatic carbocycles. The van der Waals surface area contributed by atoms with Crippen LogP contribution in [0.1, 0.15) is 57.8 Å². The minimum atomic E-state index is 0.302. The van der Waals surface area contributed by atoms with Crippen LogP contribution in [-0.2, 0) is 4.74 Å². The van der Waals surface area contributed by atoms with Crippen molar-refractivity contribution in [1.29, 1.82) is 0 Å². The van der Waals surface area contributed by atoms with Crippen molar-refractivity contribution in [3.05, 3.63) is 0 Å². The van der Waals surface area contributed by atoms with E-state index in [4.69, 9.17) is 10.5 Å². The van der Waals surface area contributed by atoms with Gasteiger partial charge < -0.3 is 10.5 Å². The summed E-state index contributed by atoms with van der Waals surface area (Å²) < 4.78 is 6.19. The first-order valence-electron chi connectivity index (χ1n) is 7.70. The van der Waals surface area contributed by atoms with E-state index < -0.39 is 0 Å². The van der Waals surface area contributed by atoms with Gasteiger partial charge in [-0.2, -0.15) is 0 Å². The van der Waals surface area contributed by atoms with Crippen molar-refractivity contribution in [3.63, 3.8) is 0 Å². The standard InChI is InChI=1S/C15H27NO/c16-14-4-2-1-3-5-15(14)17-10-13-9-11-6-7-12(13)8-11/h11-15H,1-10,16H2. The van der Waals surface area contributed by atoms with Gasteiger partial charge in [-0.05, 0) is 49.9 Å². The first-order valence-corrected chi connectivity index (χ1v) is 7.70. The van der Waals surface area contributed by atoms with Gasteiger partial charge in [0.1, 0.15) is 0 Å². The second-order valence-corrected chi connectivity index (χ2v) is 6.61. The van der Waals surface area contributed by atoms with Gasteiger partial charge in [0.25, 0.3) is 0 Å². The molecule has 0 amide bonds. The molecule has 5 atom stereocenters. The normalized spacial score (nSPS) is 46.1. The lowest BCUT2D eigenvalue weighted by Crippen LogP contribution is -2.37. The number of hydrogen-bond donors (Lipinski definition) is 1. The molecule has 2 nitrogen and oxygen atoms in total. The molecule has 3 saturated carbocycles. The van der Waals surface area contributed by atoms with Gasteiger partial charge in [0.2, 0.25) is 0 Å². The first kappa shape index (κ1) is 12.0. The summed E-state index contributed by atoms with van der Waals surface area (Å²) in [5.74, 6) is 2.89. The smallest absolute Gasteiger partial charge is 0.0726 e. The fourth-order valence-corrected chi connectivity index (χ4v) is 4.34. The van der Waals surface area contributed by atoms with Gasteiger partial charge in [0.05, 0.1) is 12.7 Å². The zero-order valence-corrected chi connectivity index (χ0v) is 10.9. The molecule has 2 heteroatoms. The Morgan fingerprint density at radius 2 is 1.82 bits per heavy atom. The third-order valence-corrected chi connectivity index (χ3v) is 5.41. The van der Waals surface area contributed by atoms with E-state index in [1.807, 2.05) is 0 Å². The first-order chi connectivity index (χ1) is 8.33. The monoisotopic (exact) mass is 237 g/mol. The fourth-order valence-electron chi connectivity index (χ4n) is 4.34. The van der Waals surface area contributed by atoms with Crippen molar-refractivity contribution in [2.24, 2.45) is 23.5 Å². The Bertz CT molecular complexity index is 255. The molecule has 2 N–H and O–H groups in total. The molecule has 3 rings (SSSR count). The van der Waals surface area contributed by atoms with Crippen LogP contribution in [0.5, 0.6) is 0 Å². The minimum absolute atomic E-state index is 0.302. The molecule has 17 heavy (non-hydrogen) atoms. The molecule has 0 spiro atoms. The fraction of sp³-hybridized carbons (Fsp3) is 1.00. The SMILES string of the molecule is NC1CCCCCC1OCC1CC2CCC1C2. The number of nitrogens with two attached hydrogens (primary N) is 1. The molecule has 3 aliphatic rings. The van der Waals surface area contributed by atoms with Crippen LogP contribution in [0.2, 0.25) is 0 Å². The average Bonchev–Trinajstić information content (AvgIpc) is 2.88. The van der Waals surface area contributed by atoms with Gasteiger partial charge in [-0.3, -0.25) is 0 Å². The van der Waals surface area contributed by atoms with E-state index in [1.165, 1.54) is 57.8 Å². The summed E-state index contributed by atoms with van der Waals surface area (Å²) in [6.45, 7) is 1.000. The van der Waals surface area contributed by atoms with Crippen LogP contribution in [0.4, 0.5) is 0 Å². The Balaban J connectivity index is 1.46. The van der Waals surface area contributed by atoms with Gasteiger partial charge in [-0.25, -0.2) is 0 Å². The van der Waals surface area contributed by atoms with E-state index >= 15 is 0 Å². The van der Waals surface area contributed by atoms with E-state index in [2.05, 4.69) is 0 Å². The maximum Gasteiger partial charge on any atom is 0.0726 e. The Labute approximate surface area is 105 Å². The van der Waals surface area contributed by atoms with Crippen LogP contribution in [0.3, 0.4) is 0 Å². The molecule has 3 aliphatic carbocycles. The zero-order valence-electron chi connectivity index (χ0n) is 10.9. The van der Waals surface area contributed by atoms with Crippen molar-refractivity contribution >= 4 is 0 Å². The van der Waals surface area contributed by atoms with Crippen LogP contribution < -0.4 is 5.73 Å². The lowest BCUT2D eigenvalue weighted by molar-refractivity contribution is -0.000580. The Morgan fingerprint density at radius 1 is 0.941 bits per heavy atom. The van der Waals surface area contributed by atoms with E-state index in [1.54, 1.807) is 0 Å². The maximum atomic E-state index is 6.21. The predicted octanol–water partition coefficient (Wildman–Crippen LogP) is 3.10. The van der Waals surface area contributed by atoms with Gasteiger partial charge in [-0.1, -0.05) is 25.7 Å².